The standard InChI is InChI=1S/C11H9ClO3/c12-9-4-2-1-3-8(9)7-5-10(13)15-11(14)6-7/h1-4,7H,5-6H2. The first-order valence-corrected chi connectivity index (χ1v) is 5.02. The molecule has 0 amide bonds. The lowest BCUT2D eigenvalue weighted by Gasteiger charge is -2.20. The maximum absolute atomic E-state index is 11.1. The number of cyclic esters (lactones) is 2. The van der Waals surface area contributed by atoms with E-state index in [-0.39, 0.29) is 18.8 Å². The molecule has 0 unspecified atom stereocenters. The van der Waals surface area contributed by atoms with E-state index in [9.17, 15) is 9.59 Å². The molecule has 15 heavy (non-hydrogen) atoms. The topological polar surface area (TPSA) is 43.4 Å². The number of hydrogen-bond acceptors (Lipinski definition) is 3. The third kappa shape index (κ3) is 2.18. The summed E-state index contributed by atoms with van der Waals surface area (Å²) < 4.78 is 4.46. The SMILES string of the molecule is O=C1CC(c2ccccc2Cl)CC(=O)O1. The van der Waals surface area contributed by atoms with Crippen molar-refractivity contribution in [1.82, 2.24) is 0 Å². The zero-order chi connectivity index (χ0) is 10.8. The molecule has 1 saturated heterocycles. The largest absolute Gasteiger partial charge is 0.393 e. The van der Waals surface area contributed by atoms with Crippen molar-refractivity contribution in [3.63, 3.8) is 0 Å². The van der Waals surface area contributed by atoms with Gasteiger partial charge in [-0.15, -0.1) is 0 Å². The number of carbonyl (C=O) groups is 2. The molecule has 1 aromatic carbocycles. The zero-order valence-corrected chi connectivity index (χ0v) is 8.66. The van der Waals surface area contributed by atoms with E-state index in [2.05, 4.69) is 4.74 Å². The van der Waals surface area contributed by atoms with Gasteiger partial charge in [0.1, 0.15) is 0 Å². The fourth-order valence-corrected chi connectivity index (χ4v) is 2.00. The van der Waals surface area contributed by atoms with Crippen molar-refractivity contribution in [2.24, 2.45) is 0 Å². The zero-order valence-electron chi connectivity index (χ0n) is 7.90. The summed E-state index contributed by atoms with van der Waals surface area (Å²) in [6.45, 7) is 0. The van der Waals surface area contributed by atoms with Crippen molar-refractivity contribution in [1.29, 1.82) is 0 Å². The Balaban J connectivity index is 2.27. The molecule has 78 valence electrons. The summed E-state index contributed by atoms with van der Waals surface area (Å²) in [6, 6.07) is 7.24. The second-order valence-corrected chi connectivity index (χ2v) is 3.88. The minimum absolute atomic E-state index is 0.146. The van der Waals surface area contributed by atoms with Crippen LogP contribution < -0.4 is 0 Å². The molecule has 0 saturated carbocycles. The van der Waals surface area contributed by atoms with Crippen molar-refractivity contribution in [3.8, 4) is 0 Å². The molecule has 0 radical (unpaired) electrons. The quantitative estimate of drug-likeness (QED) is 0.543. The predicted molar refractivity (Wildman–Crippen MR) is 54.5 cm³/mol. The number of benzene rings is 1. The van der Waals surface area contributed by atoms with E-state index in [1.165, 1.54) is 0 Å². The van der Waals surface area contributed by atoms with Crippen LogP contribution in [0.3, 0.4) is 0 Å². The van der Waals surface area contributed by atoms with E-state index >= 15 is 0 Å². The molecule has 2 rings (SSSR count). The van der Waals surface area contributed by atoms with E-state index in [0.29, 0.717) is 5.02 Å². The van der Waals surface area contributed by atoms with Gasteiger partial charge in [0.15, 0.2) is 0 Å². The Labute approximate surface area is 92.0 Å². The number of halogens is 1. The van der Waals surface area contributed by atoms with E-state index in [4.69, 9.17) is 11.6 Å². The predicted octanol–water partition coefficient (Wildman–Crippen LogP) is 2.29. The van der Waals surface area contributed by atoms with E-state index in [0.717, 1.165) is 5.56 Å². The summed E-state index contributed by atoms with van der Waals surface area (Å²) in [5, 5.41) is 0.588. The maximum atomic E-state index is 11.1. The van der Waals surface area contributed by atoms with Crippen LogP contribution in [0.5, 0.6) is 0 Å². The number of ether oxygens (including phenoxy) is 1. The van der Waals surface area contributed by atoms with Crippen molar-refractivity contribution in [2.45, 2.75) is 18.8 Å². The third-order valence-electron chi connectivity index (χ3n) is 2.40. The van der Waals surface area contributed by atoms with Gasteiger partial charge in [0.2, 0.25) is 0 Å². The minimum Gasteiger partial charge on any atom is -0.393 e. The molecule has 3 nitrogen and oxygen atoms in total. The number of hydrogen-bond donors (Lipinski definition) is 0. The summed E-state index contributed by atoms with van der Waals surface area (Å²) in [6.07, 6.45) is 0.435. The highest BCUT2D eigenvalue weighted by molar-refractivity contribution is 6.31. The molecule has 4 heteroatoms. The number of carbonyl (C=O) groups excluding carboxylic acids is 2. The Morgan fingerprint density at radius 2 is 1.73 bits per heavy atom. The minimum atomic E-state index is -0.476. The van der Waals surface area contributed by atoms with E-state index in [1.807, 2.05) is 18.2 Å². The molecular weight excluding hydrogens is 216 g/mol. The fraction of sp³-hybridized carbons (Fsp3) is 0.273. The van der Waals surface area contributed by atoms with Crippen molar-refractivity contribution in [3.05, 3.63) is 34.9 Å². The molecular formula is C11H9ClO3. The van der Waals surface area contributed by atoms with Crippen molar-refractivity contribution >= 4 is 23.5 Å². The summed E-state index contributed by atoms with van der Waals surface area (Å²) in [5.74, 6) is -1.10. The first kappa shape index (κ1) is 10.2. The molecule has 1 aliphatic rings. The van der Waals surface area contributed by atoms with Crippen LogP contribution in [0.2, 0.25) is 5.02 Å². The lowest BCUT2D eigenvalue weighted by atomic mass is 9.91. The van der Waals surface area contributed by atoms with Gasteiger partial charge in [0.05, 0.1) is 12.8 Å². The highest BCUT2D eigenvalue weighted by Crippen LogP contribution is 2.32. The van der Waals surface area contributed by atoms with Crippen LogP contribution >= 0.6 is 11.6 Å². The highest BCUT2D eigenvalue weighted by Gasteiger charge is 2.29. The Kier molecular flexibility index (Phi) is 2.73. The Morgan fingerprint density at radius 1 is 1.13 bits per heavy atom. The van der Waals surface area contributed by atoms with Crippen molar-refractivity contribution in [2.75, 3.05) is 0 Å². The second kappa shape index (κ2) is 4.03. The van der Waals surface area contributed by atoms with Crippen LogP contribution in [0.15, 0.2) is 24.3 Å². The monoisotopic (exact) mass is 224 g/mol. The van der Waals surface area contributed by atoms with Gasteiger partial charge >= 0.3 is 11.9 Å². The molecule has 1 heterocycles. The van der Waals surface area contributed by atoms with E-state index in [1.54, 1.807) is 6.07 Å². The highest BCUT2D eigenvalue weighted by atomic mass is 35.5. The molecule has 1 aliphatic heterocycles. The number of esters is 2. The summed E-state index contributed by atoms with van der Waals surface area (Å²) in [4.78, 5) is 22.2. The van der Waals surface area contributed by atoms with Crippen LogP contribution in [-0.2, 0) is 14.3 Å². The molecule has 0 aliphatic carbocycles. The first-order chi connectivity index (χ1) is 7.16. The normalized spacial score (nSPS) is 17.7. The van der Waals surface area contributed by atoms with Gasteiger partial charge < -0.3 is 4.74 Å². The maximum Gasteiger partial charge on any atom is 0.314 e. The van der Waals surface area contributed by atoms with Crippen LogP contribution in [0.25, 0.3) is 0 Å². The molecule has 0 N–H and O–H groups in total. The van der Waals surface area contributed by atoms with E-state index < -0.39 is 11.9 Å². The van der Waals surface area contributed by atoms with Crippen LogP contribution in [0.1, 0.15) is 24.3 Å². The van der Waals surface area contributed by atoms with Gasteiger partial charge in [-0.25, -0.2) is 0 Å². The summed E-state index contributed by atoms with van der Waals surface area (Å²) >= 11 is 5.99. The first-order valence-electron chi connectivity index (χ1n) is 4.65. The average Bonchev–Trinajstić information content (AvgIpc) is 2.16. The lowest BCUT2D eigenvalue weighted by Crippen LogP contribution is -2.24. The Hall–Kier alpha value is -1.35. The molecule has 0 atom stereocenters. The van der Waals surface area contributed by atoms with Crippen LogP contribution in [0.4, 0.5) is 0 Å². The molecule has 0 bridgehead atoms. The molecule has 1 aromatic rings. The van der Waals surface area contributed by atoms with Crippen LogP contribution in [-0.4, -0.2) is 11.9 Å². The van der Waals surface area contributed by atoms with Crippen molar-refractivity contribution < 1.29 is 14.3 Å². The van der Waals surface area contributed by atoms with Gasteiger partial charge in [0, 0.05) is 10.9 Å². The smallest absolute Gasteiger partial charge is 0.314 e. The second-order valence-electron chi connectivity index (χ2n) is 3.47. The molecule has 0 spiro atoms. The summed E-state index contributed by atoms with van der Waals surface area (Å²) in [7, 11) is 0. The molecule has 1 fully saturated rings. The summed E-state index contributed by atoms with van der Waals surface area (Å²) in [5.41, 5.74) is 0.837. The van der Waals surface area contributed by atoms with Gasteiger partial charge in [-0.3, -0.25) is 9.59 Å². The lowest BCUT2D eigenvalue weighted by molar-refractivity contribution is -0.163. The van der Waals surface area contributed by atoms with Gasteiger partial charge in [-0.1, -0.05) is 29.8 Å². The Morgan fingerprint density at radius 3 is 2.33 bits per heavy atom. The third-order valence-corrected chi connectivity index (χ3v) is 2.74. The van der Waals surface area contributed by atoms with Crippen LogP contribution in [0, 0.1) is 0 Å². The molecule has 0 aromatic heterocycles. The Bertz CT molecular complexity index is 398. The van der Waals surface area contributed by atoms with Gasteiger partial charge in [-0.05, 0) is 11.6 Å². The average molecular weight is 225 g/mol. The fourth-order valence-electron chi connectivity index (χ4n) is 1.71. The number of rotatable bonds is 1. The van der Waals surface area contributed by atoms with Gasteiger partial charge in [-0.2, -0.15) is 0 Å². The van der Waals surface area contributed by atoms with Gasteiger partial charge in [0.25, 0.3) is 0 Å².